The van der Waals surface area contributed by atoms with Crippen molar-refractivity contribution in [3.05, 3.63) is 0 Å². The van der Waals surface area contributed by atoms with Gasteiger partial charge in [0.05, 0.1) is 0 Å². The first-order valence-corrected chi connectivity index (χ1v) is 4.55. The summed E-state index contributed by atoms with van der Waals surface area (Å²) in [6, 6.07) is 0. The van der Waals surface area contributed by atoms with Crippen LogP contribution in [0, 0.1) is 0 Å². The highest BCUT2D eigenvalue weighted by Gasteiger charge is 2.59. The van der Waals surface area contributed by atoms with Crippen molar-refractivity contribution in [1.82, 2.24) is 0 Å². The third-order valence-electron chi connectivity index (χ3n) is 0.903. The minimum atomic E-state index is -5.39. The molecule has 0 saturated carbocycles. The van der Waals surface area contributed by atoms with Crippen molar-refractivity contribution in [3.8, 4) is 0 Å². The van der Waals surface area contributed by atoms with Crippen LogP contribution in [-0.2, 0) is 0 Å². The van der Waals surface area contributed by atoms with E-state index in [0.717, 1.165) is 13.3 Å². The number of alkyl halides is 5. The molecule has 0 saturated heterocycles. The average Bonchev–Trinajstić information content (AvgIpc) is 1.62. The van der Waals surface area contributed by atoms with Crippen LogP contribution in [0.1, 0.15) is 0 Å². The van der Waals surface area contributed by atoms with Crippen molar-refractivity contribution in [3.63, 3.8) is 0 Å². The molecule has 62 valence electrons. The minimum Gasteiger partial charge on any atom is -0.191 e. The lowest BCUT2D eigenvalue weighted by Gasteiger charge is -2.22. The van der Waals surface area contributed by atoms with E-state index in [4.69, 9.17) is 0 Å². The van der Waals surface area contributed by atoms with E-state index in [1.54, 1.807) is 0 Å². The Morgan fingerprint density at radius 3 is 1.20 bits per heavy atom. The monoisotopic (exact) mass is 180 g/mol. The summed E-state index contributed by atoms with van der Waals surface area (Å²) in [6.07, 6.45) is -5.39. The van der Waals surface area contributed by atoms with Crippen molar-refractivity contribution in [2.24, 2.45) is 0 Å². The molecule has 0 fully saturated rings. The van der Waals surface area contributed by atoms with Gasteiger partial charge in [0.2, 0.25) is 0 Å². The quantitative estimate of drug-likeness (QED) is 0.430. The van der Waals surface area contributed by atoms with Crippen LogP contribution in [-0.4, -0.2) is 25.2 Å². The van der Waals surface area contributed by atoms with Gasteiger partial charge in [0, 0.05) is 0 Å². The van der Waals surface area contributed by atoms with Crippen LogP contribution in [0.3, 0.4) is 0 Å². The Balaban J connectivity index is 4.40. The number of rotatable bonds is 1. The van der Waals surface area contributed by atoms with Crippen LogP contribution < -0.4 is 0 Å². The molecule has 0 heterocycles. The molecule has 0 aromatic heterocycles. The average molecular weight is 180 g/mol. The zero-order valence-electron chi connectivity index (χ0n) is 5.34. The first-order chi connectivity index (χ1) is 4.19. The van der Waals surface area contributed by atoms with Gasteiger partial charge in [-0.2, -0.15) is 22.0 Å². The van der Waals surface area contributed by atoms with Crippen molar-refractivity contribution >= 4 is 7.92 Å². The second-order valence-corrected chi connectivity index (χ2v) is 4.28. The lowest BCUT2D eigenvalue weighted by molar-refractivity contribution is -0.240. The normalized spacial score (nSPS) is 14.4. The minimum absolute atomic E-state index is 0.892. The Hall–Kier alpha value is 0.0800. The molecule has 0 radical (unpaired) electrons. The second kappa shape index (κ2) is 2.61. The van der Waals surface area contributed by atoms with Crippen molar-refractivity contribution in [2.75, 3.05) is 13.3 Å². The Morgan fingerprint density at radius 2 is 1.20 bits per heavy atom. The van der Waals surface area contributed by atoms with Gasteiger partial charge in [-0.25, -0.2) is 0 Å². The standard InChI is InChI=1S/C4H6F5P/c1-10(2)4(8,9)3(5,6)7/h1-2H3. The van der Waals surface area contributed by atoms with Gasteiger partial charge >= 0.3 is 11.8 Å². The van der Waals surface area contributed by atoms with Crippen molar-refractivity contribution in [1.29, 1.82) is 0 Å². The lowest BCUT2D eigenvalue weighted by atomic mass is 10.7. The van der Waals surface area contributed by atoms with E-state index in [9.17, 15) is 22.0 Å². The van der Waals surface area contributed by atoms with Crippen LogP contribution in [0.15, 0.2) is 0 Å². The molecular weight excluding hydrogens is 174 g/mol. The van der Waals surface area contributed by atoms with Crippen LogP contribution in [0.5, 0.6) is 0 Å². The summed E-state index contributed by atoms with van der Waals surface area (Å²) in [5.41, 5.74) is -4.50. The van der Waals surface area contributed by atoms with Gasteiger partial charge in [-0.15, -0.1) is 0 Å². The van der Waals surface area contributed by atoms with Gasteiger partial charge in [0.15, 0.2) is 0 Å². The molecule has 0 bridgehead atoms. The summed E-state index contributed by atoms with van der Waals surface area (Å²) in [7, 11) is -2.29. The zero-order chi connectivity index (χ0) is 8.58. The van der Waals surface area contributed by atoms with E-state index in [1.807, 2.05) is 0 Å². The summed E-state index contributed by atoms with van der Waals surface area (Å²) in [5.74, 6) is 0. The molecule has 0 nitrogen and oxygen atoms in total. The fourth-order valence-corrected chi connectivity index (χ4v) is 0.761. The largest absolute Gasteiger partial charge is 0.457 e. The maximum atomic E-state index is 12.0. The van der Waals surface area contributed by atoms with E-state index in [0.29, 0.717) is 0 Å². The summed E-state index contributed by atoms with van der Waals surface area (Å²) < 4.78 is 58.0. The van der Waals surface area contributed by atoms with Crippen LogP contribution in [0.2, 0.25) is 0 Å². The van der Waals surface area contributed by atoms with Gasteiger partial charge in [0.25, 0.3) is 0 Å². The Bertz CT molecular complexity index is 115. The van der Waals surface area contributed by atoms with Gasteiger partial charge in [0.1, 0.15) is 0 Å². The van der Waals surface area contributed by atoms with E-state index < -0.39 is 19.8 Å². The summed E-state index contributed by atoms with van der Waals surface area (Å²) >= 11 is 0. The smallest absolute Gasteiger partial charge is 0.191 e. The molecule has 0 N–H and O–H groups in total. The fraction of sp³-hybridized carbons (Fsp3) is 1.00. The molecule has 0 aromatic carbocycles. The van der Waals surface area contributed by atoms with E-state index in [1.165, 1.54) is 0 Å². The van der Waals surface area contributed by atoms with Gasteiger partial charge in [-0.05, 0) is 21.3 Å². The van der Waals surface area contributed by atoms with Gasteiger partial charge in [-0.1, -0.05) is 0 Å². The van der Waals surface area contributed by atoms with Crippen molar-refractivity contribution < 1.29 is 22.0 Å². The molecule has 6 heteroatoms. The first kappa shape index (κ1) is 10.1. The van der Waals surface area contributed by atoms with E-state index in [-0.39, 0.29) is 0 Å². The van der Waals surface area contributed by atoms with E-state index >= 15 is 0 Å². The molecular formula is C4H6F5P. The molecule has 0 rings (SSSR count). The Kier molecular flexibility index (Phi) is 2.63. The highest BCUT2D eigenvalue weighted by molar-refractivity contribution is 7.57. The lowest BCUT2D eigenvalue weighted by Crippen LogP contribution is -2.33. The molecule has 0 aliphatic rings. The number of halogens is 5. The third kappa shape index (κ3) is 1.78. The molecule has 0 aromatic rings. The number of hydrogen-bond acceptors (Lipinski definition) is 0. The van der Waals surface area contributed by atoms with Crippen LogP contribution in [0.25, 0.3) is 0 Å². The Labute approximate surface area is 56.2 Å². The predicted octanol–water partition coefficient (Wildman–Crippen LogP) is 2.88. The molecule has 0 spiro atoms. The van der Waals surface area contributed by atoms with Crippen LogP contribution in [0.4, 0.5) is 22.0 Å². The van der Waals surface area contributed by atoms with Gasteiger partial charge in [-0.3, -0.25) is 0 Å². The second-order valence-electron chi connectivity index (χ2n) is 1.93. The molecule has 0 unspecified atom stereocenters. The maximum Gasteiger partial charge on any atom is 0.457 e. The molecule has 0 amide bonds. The third-order valence-corrected chi connectivity index (χ3v) is 2.28. The fourth-order valence-electron chi connectivity index (χ4n) is 0.254. The highest BCUT2D eigenvalue weighted by atomic mass is 31.1. The van der Waals surface area contributed by atoms with Crippen LogP contribution >= 0.6 is 7.92 Å². The summed E-state index contributed by atoms with van der Waals surface area (Å²) in [5, 5.41) is 0. The topological polar surface area (TPSA) is 0 Å². The zero-order valence-corrected chi connectivity index (χ0v) is 6.23. The number of hydrogen-bond donors (Lipinski definition) is 0. The molecule has 0 atom stereocenters. The van der Waals surface area contributed by atoms with Crippen molar-refractivity contribution in [2.45, 2.75) is 11.8 Å². The summed E-state index contributed by atoms with van der Waals surface area (Å²) in [6.45, 7) is 1.78. The maximum absolute atomic E-state index is 12.0. The predicted molar refractivity (Wildman–Crippen MR) is 29.8 cm³/mol. The van der Waals surface area contributed by atoms with E-state index in [2.05, 4.69) is 0 Å². The summed E-state index contributed by atoms with van der Waals surface area (Å²) in [4.78, 5) is 0. The first-order valence-electron chi connectivity index (χ1n) is 2.31. The van der Waals surface area contributed by atoms with Gasteiger partial charge < -0.3 is 0 Å². The molecule has 0 aliphatic carbocycles. The molecule has 10 heavy (non-hydrogen) atoms. The highest BCUT2D eigenvalue weighted by Crippen LogP contribution is 2.55. The SMILES string of the molecule is CP(C)C(F)(F)C(F)(F)F. The molecule has 0 aliphatic heterocycles. The Morgan fingerprint density at radius 1 is 0.900 bits per heavy atom.